The quantitative estimate of drug-likeness (QED) is 0.220. The van der Waals surface area contributed by atoms with Crippen molar-refractivity contribution < 1.29 is 42.2 Å². The van der Waals surface area contributed by atoms with E-state index in [-0.39, 0.29) is 23.6 Å². The number of rotatable bonds is 9. The summed E-state index contributed by atoms with van der Waals surface area (Å²) in [6.45, 7) is 6.17. The van der Waals surface area contributed by atoms with Crippen molar-refractivity contribution in [3.63, 3.8) is 0 Å². The first-order valence-electron chi connectivity index (χ1n) is 14.2. The fraction of sp³-hybridized carbons (Fsp3) is 0.303. The molecule has 8 nitrogen and oxygen atoms in total. The minimum atomic E-state index is -4.80. The number of aromatic hydroxyl groups is 1. The summed E-state index contributed by atoms with van der Waals surface area (Å²) in [7, 11) is 0. The van der Waals surface area contributed by atoms with E-state index in [0.717, 1.165) is 33.7 Å². The average Bonchev–Trinajstić information content (AvgIpc) is 3.12. The molecular formula is C33H33F4N3O5S. The van der Waals surface area contributed by atoms with E-state index < -0.39 is 70.9 Å². The van der Waals surface area contributed by atoms with Crippen LogP contribution in [0.2, 0.25) is 0 Å². The molecule has 244 valence electrons. The van der Waals surface area contributed by atoms with Crippen LogP contribution in [-0.2, 0) is 28.7 Å². The Labute approximate surface area is 267 Å². The molecule has 3 N–H and O–H groups in total. The number of carbonyl (C=O) groups excluding carboxylic acids is 3. The molecule has 0 spiro atoms. The van der Waals surface area contributed by atoms with Gasteiger partial charge in [0.2, 0.25) is 0 Å². The van der Waals surface area contributed by atoms with Gasteiger partial charge in [-0.05, 0) is 61.7 Å². The highest BCUT2D eigenvalue weighted by Gasteiger charge is 2.42. The number of thioether (sulfide) groups is 1. The van der Waals surface area contributed by atoms with Crippen LogP contribution in [0.25, 0.3) is 0 Å². The molecule has 3 aromatic rings. The number of hydrogen-bond acceptors (Lipinski definition) is 6. The molecule has 1 fully saturated rings. The molecule has 0 aromatic heterocycles. The molecule has 0 bridgehead atoms. The van der Waals surface area contributed by atoms with Crippen molar-refractivity contribution in [3.05, 3.63) is 113 Å². The fourth-order valence-corrected chi connectivity index (χ4v) is 6.22. The molecule has 0 aliphatic carbocycles. The number of phenolic OH excluding ortho intramolecular Hbond substituents is 1. The van der Waals surface area contributed by atoms with Gasteiger partial charge in [-0.2, -0.15) is 13.2 Å². The lowest BCUT2D eigenvalue weighted by Gasteiger charge is -2.33. The highest BCUT2D eigenvalue weighted by Crippen LogP contribution is 2.35. The van der Waals surface area contributed by atoms with Gasteiger partial charge in [-0.25, -0.2) is 4.39 Å². The molecule has 1 aliphatic heterocycles. The first-order chi connectivity index (χ1) is 21.7. The zero-order valence-corrected chi connectivity index (χ0v) is 25.8. The summed E-state index contributed by atoms with van der Waals surface area (Å²) in [6, 6.07) is 12.6. The predicted molar refractivity (Wildman–Crippen MR) is 165 cm³/mol. The number of nitrogens with zero attached hydrogens (tertiary/aromatic N) is 2. The van der Waals surface area contributed by atoms with Gasteiger partial charge in [0, 0.05) is 17.7 Å². The number of nitrogens with one attached hydrogen (secondary N) is 1. The molecule has 1 aliphatic rings. The molecule has 4 rings (SSSR count). The van der Waals surface area contributed by atoms with Crippen molar-refractivity contribution >= 4 is 29.5 Å². The van der Waals surface area contributed by atoms with Crippen LogP contribution in [0.1, 0.15) is 39.5 Å². The number of hydrogen-bond donors (Lipinski definition) is 3. The number of benzene rings is 3. The van der Waals surface area contributed by atoms with Gasteiger partial charge in [-0.15, -0.1) is 18.3 Å². The number of carbonyl (C=O) groups is 3. The van der Waals surface area contributed by atoms with Crippen molar-refractivity contribution in [3.8, 4) is 5.75 Å². The smallest absolute Gasteiger partial charge is 0.416 e. The number of amides is 3. The average molecular weight is 660 g/mol. The zero-order valence-electron chi connectivity index (χ0n) is 25.0. The lowest BCUT2D eigenvalue weighted by Crippen LogP contribution is -2.56. The van der Waals surface area contributed by atoms with Gasteiger partial charge in [0.15, 0.2) is 6.10 Å². The second-order valence-corrected chi connectivity index (χ2v) is 12.1. The van der Waals surface area contributed by atoms with Crippen LogP contribution in [0.5, 0.6) is 5.75 Å². The third kappa shape index (κ3) is 7.71. The van der Waals surface area contributed by atoms with E-state index >= 15 is 0 Å². The van der Waals surface area contributed by atoms with Crippen molar-refractivity contribution in [1.82, 2.24) is 15.1 Å². The van der Waals surface area contributed by atoms with Crippen LogP contribution < -0.4 is 5.32 Å². The zero-order chi connectivity index (χ0) is 33.8. The van der Waals surface area contributed by atoms with Crippen molar-refractivity contribution in [1.29, 1.82) is 0 Å². The van der Waals surface area contributed by atoms with Gasteiger partial charge < -0.3 is 25.3 Å². The molecule has 1 saturated heterocycles. The number of aliphatic hydroxyl groups is 1. The topological polar surface area (TPSA) is 110 Å². The van der Waals surface area contributed by atoms with Gasteiger partial charge >= 0.3 is 6.18 Å². The Bertz CT molecular complexity index is 1600. The van der Waals surface area contributed by atoms with E-state index in [1.54, 1.807) is 44.2 Å². The van der Waals surface area contributed by atoms with E-state index in [4.69, 9.17) is 0 Å². The van der Waals surface area contributed by atoms with Crippen molar-refractivity contribution in [2.24, 2.45) is 0 Å². The van der Waals surface area contributed by atoms with Gasteiger partial charge in [0.1, 0.15) is 17.6 Å². The molecule has 0 saturated carbocycles. The largest absolute Gasteiger partial charge is 0.508 e. The van der Waals surface area contributed by atoms with Crippen LogP contribution in [-0.4, -0.2) is 67.2 Å². The predicted octanol–water partition coefficient (Wildman–Crippen LogP) is 5.02. The van der Waals surface area contributed by atoms with Gasteiger partial charge in [-0.1, -0.05) is 42.5 Å². The first-order valence-corrected chi connectivity index (χ1v) is 15.3. The summed E-state index contributed by atoms with van der Waals surface area (Å²) >= 11 is 1.05. The van der Waals surface area contributed by atoms with Gasteiger partial charge in [0.05, 0.1) is 22.9 Å². The van der Waals surface area contributed by atoms with Crippen LogP contribution >= 0.6 is 11.8 Å². The van der Waals surface area contributed by atoms with E-state index in [1.807, 2.05) is 0 Å². The summed E-state index contributed by atoms with van der Waals surface area (Å²) in [5, 5.41) is 23.5. The minimum Gasteiger partial charge on any atom is -0.508 e. The van der Waals surface area contributed by atoms with Gasteiger partial charge in [-0.3, -0.25) is 14.4 Å². The number of phenols is 1. The highest BCUT2D eigenvalue weighted by molar-refractivity contribution is 7.99. The Hall–Kier alpha value is -4.36. The second kappa shape index (κ2) is 14.4. The molecule has 13 heteroatoms. The highest BCUT2D eigenvalue weighted by atomic mass is 32.2. The SMILES string of the molecule is C=C[C@H]1C(=O)N(Cc2cc(F)ccc2C(F)(F)F)C(C)SCN1C(=O)[C@@H](O)[C@H](Cc1ccccc1)NC(=O)c1cccc(O)c1C. The number of alkyl halides is 3. The maximum atomic E-state index is 14.0. The molecular weight excluding hydrogens is 626 g/mol. The summed E-state index contributed by atoms with van der Waals surface area (Å²) in [4.78, 5) is 43.1. The fourth-order valence-electron chi connectivity index (χ4n) is 5.20. The Morgan fingerprint density at radius 1 is 1.13 bits per heavy atom. The van der Waals surface area contributed by atoms with Crippen LogP contribution in [0.15, 0.2) is 79.4 Å². The molecule has 0 radical (unpaired) electrons. The van der Waals surface area contributed by atoms with E-state index in [9.17, 15) is 42.2 Å². The van der Waals surface area contributed by atoms with Crippen molar-refractivity contribution in [2.75, 3.05) is 5.88 Å². The number of halogens is 4. The van der Waals surface area contributed by atoms with Crippen LogP contribution in [0.4, 0.5) is 17.6 Å². The number of aliphatic hydroxyl groups excluding tert-OH is 1. The maximum absolute atomic E-state index is 14.0. The van der Waals surface area contributed by atoms with E-state index in [2.05, 4.69) is 11.9 Å². The second-order valence-electron chi connectivity index (χ2n) is 10.8. The summed E-state index contributed by atoms with van der Waals surface area (Å²) in [5.41, 5.74) is -0.444. The Balaban J connectivity index is 1.62. The normalized spacial score (nSPS) is 18.5. The molecule has 1 heterocycles. The summed E-state index contributed by atoms with van der Waals surface area (Å²) < 4.78 is 55.2. The third-order valence-electron chi connectivity index (χ3n) is 7.78. The Morgan fingerprint density at radius 2 is 1.83 bits per heavy atom. The molecule has 46 heavy (non-hydrogen) atoms. The van der Waals surface area contributed by atoms with Crippen LogP contribution in [0, 0.1) is 12.7 Å². The lowest BCUT2D eigenvalue weighted by molar-refractivity contribution is -0.149. The van der Waals surface area contributed by atoms with Crippen LogP contribution in [0.3, 0.4) is 0 Å². The maximum Gasteiger partial charge on any atom is 0.416 e. The summed E-state index contributed by atoms with van der Waals surface area (Å²) in [6.07, 6.45) is -5.49. The van der Waals surface area contributed by atoms with E-state index in [1.165, 1.54) is 18.2 Å². The minimum absolute atomic E-state index is 0.0212. The summed E-state index contributed by atoms with van der Waals surface area (Å²) in [5.74, 6) is -3.52. The first kappa shape index (κ1) is 34.5. The Morgan fingerprint density at radius 3 is 2.48 bits per heavy atom. The van der Waals surface area contributed by atoms with Crippen molar-refractivity contribution in [2.45, 2.75) is 56.6 Å². The molecule has 1 unspecified atom stereocenters. The van der Waals surface area contributed by atoms with Gasteiger partial charge in [0.25, 0.3) is 17.7 Å². The third-order valence-corrected chi connectivity index (χ3v) is 8.95. The van der Waals surface area contributed by atoms with E-state index in [0.29, 0.717) is 23.3 Å². The molecule has 3 amide bonds. The lowest BCUT2D eigenvalue weighted by atomic mass is 9.98. The monoisotopic (exact) mass is 659 g/mol. The standard InChI is InChI=1S/C33H33F4N3O5S/c1-4-27-31(44)39(17-22-16-23(34)13-14-25(22)33(35,36)37)20(3)46-18-40(27)32(45)29(42)26(15-21-9-6-5-7-10-21)38-30(43)24-11-8-12-28(41)19(24)2/h4-14,16,20,26-27,29,41-42H,1,15,17-18H2,2-3H3,(H,38,43)/t20?,26-,27-,29-/m0/s1. The Kier molecular flexibility index (Phi) is 10.8. The molecule has 3 aromatic carbocycles. The molecule has 4 atom stereocenters.